The van der Waals surface area contributed by atoms with Gasteiger partial charge in [-0.15, -0.1) is 0 Å². The zero-order valence-corrected chi connectivity index (χ0v) is 14.0. The van der Waals surface area contributed by atoms with E-state index in [-0.39, 0.29) is 17.6 Å². The highest BCUT2D eigenvalue weighted by molar-refractivity contribution is 6.04. The van der Waals surface area contributed by atoms with E-state index in [0.717, 1.165) is 45.0 Å². The molecule has 0 unspecified atom stereocenters. The number of rotatable bonds is 5. The quantitative estimate of drug-likeness (QED) is 0.819. The lowest BCUT2D eigenvalue weighted by Crippen LogP contribution is -2.37. The number of anilines is 1. The van der Waals surface area contributed by atoms with Crippen LogP contribution in [0.15, 0.2) is 42.6 Å². The number of nitrogens with zero attached hydrogens (tertiary/aromatic N) is 2. The van der Waals surface area contributed by atoms with Gasteiger partial charge in [-0.25, -0.2) is 4.98 Å². The van der Waals surface area contributed by atoms with Gasteiger partial charge in [0.15, 0.2) is 0 Å². The minimum atomic E-state index is -0.673. The van der Waals surface area contributed by atoms with E-state index in [1.54, 1.807) is 0 Å². The molecule has 25 heavy (non-hydrogen) atoms. The van der Waals surface area contributed by atoms with Crippen LogP contribution in [0.25, 0.3) is 0 Å². The monoisotopic (exact) mass is 343 g/mol. The Hall–Kier alpha value is -2.31. The summed E-state index contributed by atoms with van der Waals surface area (Å²) in [5.74, 6) is -1.03. The summed E-state index contributed by atoms with van der Waals surface area (Å²) in [6, 6.07) is 10.3. The fourth-order valence-electron chi connectivity index (χ4n) is 2.93. The molecular weight excluding hydrogens is 321 g/mol. The normalized spacial score (nSPS) is 15.9. The number of piperidine rings is 1. The second kappa shape index (κ2) is 8.18. The summed E-state index contributed by atoms with van der Waals surface area (Å²) in [4.78, 5) is 17.9. The molecule has 132 valence electrons. The van der Waals surface area contributed by atoms with E-state index in [9.17, 15) is 14.3 Å². The van der Waals surface area contributed by atoms with Crippen molar-refractivity contribution in [2.75, 3.05) is 25.0 Å². The Bertz CT molecular complexity index is 713. The Morgan fingerprint density at radius 3 is 2.64 bits per heavy atom. The molecule has 3 rings (SSSR count). The number of carbonyl (C=O) groups excluding carboxylic acids is 1. The molecule has 1 aromatic carbocycles. The van der Waals surface area contributed by atoms with Gasteiger partial charge >= 0.3 is 0 Å². The number of aliphatic hydroxyl groups excluding tert-OH is 1. The van der Waals surface area contributed by atoms with Gasteiger partial charge < -0.3 is 15.3 Å². The molecule has 0 saturated carbocycles. The standard InChI is InChI=1S/C19H22FN3O2/c20-18-13-15(5-9-21-18)19(25)22-16-3-1-14(2-4-16)6-10-23-11-7-17(24)8-12-23/h1-5,9,13,17,24H,6-8,10-12H2,(H,22,25). The molecule has 1 saturated heterocycles. The maximum Gasteiger partial charge on any atom is 0.255 e. The number of amides is 1. The van der Waals surface area contributed by atoms with Crippen LogP contribution in [0.1, 0.15) is 28.8 Å². The van der Waals surface area contributed by atoms with Crippen molar-refractivity contribution in [3.8, 4) is 0 Å². The first kappa shape index (κ1) is 17.5. The van der Waals surface area contributed by atoms with Gasteiger partial charge in [0.2, 0.25) is 5.95 Å². The van der Waals surface area contributed by atoms with Gasteiger partial charge in [-0.1, -0.05) is 12.1 Å². The molecule has 1 aromatic heterocycles. The highest BCUT2D eigenvalue weighted by Gasteiger charge is 2.16. The van der Waals surface area contributed by atoms with Crippen molar-refractivity contribution < 1.29 is 14.3 Å². The molecule has 0 radical (unpaired) electrons. The fraction of sp³-hybridized carbons (Fsp3) is 0.368. The van der Waals surface area contributed by atoms with Gasteiger partial charge in [-0.2, -0.15) is 4.39 Å². The van der Waals surface area contributed by atoms with Crippen molar-refractivity contribution in [1.82, 2.24) is 9.88 Å². The first-order chi connectivity index (χ1) is 12.1. The number of benzene rings is 1. The van der Waals surface area contributed by atoms with Crippen LogP contribution in [0.4, 0.5) is 10.1 Å². The van der Waals surface area contributed by atoms with E-state index in [0.29, 0.717) is 5.69 Å². The van der Waals surface area contributed by atoms with E-state index in [2.05, 4.69) is 15.2 Å². The van der Waals surface area contributed by atoms with Crippen LogP contribution in [0, 0.1) is 5.95 Å². The summed E-state index contributed by atoms with van der Waals surface area (Å²) in [6.07, 6.45) is 3.75. The van der Waals surface area contributed by atoms with Gasteiger partial charge in [0.1, 0.15) is 0 Å². The number of halogens is 1. The van der Waals surface area contributed by atoms with Crippen molar-refractivity contribution in [2.45, 2.75) is 25.4 Å². The molecule has 2 aromatic rings. The maximum atomic E-state index is 13.1. The van der Waals surface area contributed by atoms with E-state index >= 15 is 0 Å². The van der Waals surface area contributed by atoms with E-state index in [1.807, 2.05) is 24.3 Å². The van der Waals surface area contributed by atoms with Crippen LogP contribution < -0.4 is 5.32 Å². The molecule has 0 bridgehead atoms. The molecule has 6 heteroatoms. The molecule has 1 aliphatic rings. The molecule has 0 atom stereocenters. The summed E-state index contributed by atoms with van der Waals surface area (Å²) >= 11 is 0. The lowest BCUT2D eigenvalue weighted by Gasteiger charge is -2.29. The fourth-order valence-corrected chi connectivity index (χ4v) is 2.93. The topological polar surface area (TPSA) is 65.5 Å². The lowest BCUT2D eigenvalue weighted by molar-refractivity contribution is 0.0832. The third-order valence-electron chi connectivity index (χ3n) is 4.47. The van der Waals surface area contributed by atoms with Crippen LogP contribution >= 0.6 is 0 Å². The van der Waals surface area contributed by atoms with E-state index in [1.165, 1.54) is 17.8 Å². The Morgan fingerprint density at radius 1 is 1.24 bits per heavy atom. The molecule has 1 aliphatic heterocycles. The van der Waals surface area contributed by atoms with E-state index in [4.69, 9.17) is 0 Å². The van der Waals surface area contributed by atoms with Crippen molar-refractivity contribution in [1.29, 1.82) is 0 Å². The minimum absolute atomic E-state index is 0.145. The molecule has 0 aliphatic carbocycles. The van der Waals surface area contributed by atoms with Crippen LogP contribution in [0.2, 0.25) is 0 Å². The van der Waals surface area contributed by atoms with E-state index < -0.39 is 5.95 Å². The predicted molar refractivity (Wildman–Crippen MR) is 94.0 cm³/mol. The largest absolute Gasteiger partial charge is 0.393 e. The SMILES string of the molecule is O=C(Nc1ccc(CCN2CCC(O)CC2)cc1)c1ccnc(F)c1. The summed E-state index contributed by atoms with van der Waals surface area (Å²) in [6.45, 7) is 2.85. The molecule has 1 fully saturated rings. The lowest BCUT2D eigenvalue weighted by atomic mass is 10.1. The van der Waals surface area contributed by atoms with Crippen molar-refractivity contribution >= 4 is 11.6 Å². The second-order valence-corrected chi connectivity index (χ2v) is 6.34. The van der Waals surface area contributed by atoms with Crippen molar-refractivity contribution in [2.24, 2.45) is 0 Å². The Balaban J connectivity index is 1.51. The second-order valence-electron chi connectivity index (χ2n) is 6.34. The smallest absolute Gasteiger partial charge is 0.255 e. The highest BCUT2D eigenvalue weighted by atomic mass is 19.1. The van der Waals surface area contributed by atoms with Gasteiger partial charge in [0, 0.05) is 43.1 Å². The number of aliphatic hydroxyl groups is 1. The van der Waals surface area contributed by atoms with Gasteiger partial charge in [0.05, 0.1) is 6.10 Å². The average Bonchev–Trinajstić information content (AvgIpc) is 2.62. The predicted octanol–water partition coefficient (Wildman–Crippen LogP) is 2.47. The number of likely N-dealkylation sites (tertiary alicyclic amines) is 1. The molecule has 5 nitrogen and oxygen atoms in total. The van der Waals surface area contributed by atoms with Crippen LogP contribution in [0.5, 0.6) is 0 Å². The van der Waals surface area contributed by atoms with Crippen LogP contribution in [0.3, 0.4) is 0 Å². The Morgan fingerprint density at radius 2 is 1.96 bits per heavy atom. The van der Waals surface area contributed by atoms with Gasteiger partial charge in [-0.05, 0) is 43.0 Å². The molecule has 2 N–H and O–H groups in total. The average molecular weight is 343 g/mol. The number of nitrogens with one attached hydrogen (secondary N) is 1. The summed E-state index contributed by atoms with van der Waals surface area (Å²) < 4.78 is 13.1. The number of hydrogen-bond acceptors (Lipinski definition) is 4. The minimum Gasteiger partial charge on any atom is -0.393 e. The van der Waals surface area contributed by atoms with Crippen molar-refractivity contribution in [3.63, 3.8) is 0 Å². The van der Waals surface area contributed by atoms with Crippen molar-refractivity contribution in [3.05, 3.63) is 59.7 Å². The Labute approximate surface area is 146 Å². The number of aromatic nitrogens is 1. The third kappa shape index (κ3) is 5.08. The molecule has 1 amide bonds. The molecule has 2 heterocycles. The van der Waals surface area contributed by atoms with Gasteiger partial charge in [-0.3, -0.25) is 4.79 Å². The third-order valence-corrected chi connectivity index (χ3v) is 4.47. The van der Waals surface area contributed by atoms with Crippen LogP contribution in [-0.2, 0) is 6.42 Å². The summed E-state index contributed by atoms with van der Waals surface area (Å²) in [5.41, 5.74) is 2.11. The zero-order chi connectivity index (χ0) is 17.6. The maximum absolute atomic E-state index is 13.1. The van der Waals surface area contributed by atoms with Crippen LogP contribution in [-0.4, -0.2) is 46.6 Å². The van der Waals surface area contributed by atoms with Gasteiger partial charge in [0.25, 0.3) is 5.91 Å². The molecule has 0 spiro atoms. The Kier molecular flexibility index (Phi) is 5.73. The zero-order valence-electron chi connectivity index (χ0n) is 14.0. The highest BCUT2D eigenvalue weighted by Crippen LogP contribution is 2.14. The summed E-state index contributed by atoms with van der Waals surface area (Å²) in [7, 11) is 0. The number of carbonyl (C=O) groups is 1. The number of pyridine rings is 1. The number of hydrogen-bond donors (Lipinski definition) is 2. The first-order valence-corrected chi connectivity index (χ1v) is 8.52. The molecular formula is C19H22FN3O2. The summed E-state index contributed by atoms with van der Waals surface area (Å²) in [5, 5.41) is 12.3. The first-order valence-electron chi connectivity index (χ1n) is 8.52.